The predicted molar refractivity (Wildman–Crippen MR) is 68.2 cm³/mol. The SMILES string of the molecule is CCC(CBr)(CBr)NC(=O)CC(C)C. The number of alkyl halides is 2. The summed E-state index contributed by atoms with van der Waals surface area (Å²) in [5.41, 5.74) is -0.133. The number of hydrogen-bond acceptors (Lipinski definition) is 1. The molecule has 2 nitrogen and oxygen atoms in total. The summed E-state index contributed by atoms with van der Waals surface area (Å²) in [6.07, 6.45) is 1.52. The van der Waals surface area contributed by atoms with Gasteiger partial charge >= 0.3 is 0 Å². The van der Waals surface area contributed by atoms with E-state index in [-0.39, 0.29) is 11.4 Å². The van der Waals surface area contributed by atoms with Gasteiger partial charge in [0.1, 0.15) is 0 Å². The summed E-state index contributed by atoms with van der Waals surface area (Å²) in [7, 11) is 0. The molecule has 0 saturated heterocycles. The van der Waals surface area contributed by atoms with Crippen LogP contribution < -0.4 is 5.32 Å². The maximum absolute atomic E-state index is 11.6. The molecule has 0 aromatic heterocycles. The van der Waals surface area contributed by atoms with Gasteiger partial charge in [0.15, 0.2) is 0 Å². The van der Waals surface area contributed by atoms with Gasteiger partial charge in [-0.1, -0.05) is 52.6 Å². The van der Waals surface area contributed by atoms with Crippen LogP contribution in [-0.2, 0) is 4.79 Å². The van der Waals surface area contributed by atoms with E-state index in [9.17, 15) is 4.79 Å². The molecular formula is C10H19Br2NO. The lowest BCUT2D eigenvalue weighted by Gasteiger charge is -2.30. The van der Waals surface area contributed by atoms with Crippen LogP contribution in [0, 0.1) is 5.92 Å². The minimum absolute atomic E-state index is 0.133. The Labute approximate surface area is 103 Å². The zero-order chi connectivity index (χ0) is 11.2. The summed E-state index contributed by atoms with van der Waals surface area (Å²) < 4.78 is 0. The molecule has 0 atom stereocenters. The first kappa shape index (κ1) is 14.4. The molecule has 0 aliphatic carbocycles. The Balaban J connectivity index is 4.22. The molecule has 0 saturated carbocycles. The monoisotopic (exact) mass is 327 g/mol. The quantitative estimate of drug-likeness (QED) is 0.746. The van der Waals surface area contributed by atoms with Crippen molar-refractivity contribution in [2.24, 2.45) is 5.92 Å². The van der Waals surface area contributed by atoms with Crippen molar-refractivity contribution in [3.05, 3.63) is 0 Å². The van der Waals surface area contributed by atoms with E-state index in [0.29, 0.717) is 12.3 Å². The summed E-state index contributed by atoms with van der Waals surface area (Å²) in [4.78, 5) is 11.6. The molecule has 0 radical (unpaired) electrons. The second kappa shape index (κ2) is 6.83. The van der Waals surface area contributed by atoms with Gasteiger partial charge in [-0.3, -0.25) is 4.79 Å². The molecule has 0 rings (SSSR count). The Morgan fingerprint density at radius 1 is 1.36 bits per heavy atom. The number of carbonyl (C=O) groups is 1. The zero-order valence-electron chi connectivity index (χ0n) is 9.07. The Bertz CT molecular complexity index is 171. The van der Waals surface area contributed by atoms with Crippen LogP contribution in [0.5, 0.6) is 0 Å². The first-order valence-electron chi connectivity index (χ1n) is 4.92. The van der Waals surface area contributed by atoms with E-state index in [1.165, 1.54) is 0 Å². The van der Waals surface area contributed by atoms with Crippen molar-refractivity contribution in [3.63, 3.8) is 0 Å². The maximum Gasteiger partial charge on any atom is 0.220 e. The van der Waals surface area contributed by atoms with Crippen LogP contribution >= 0.6 is 31.9 Å². The summed E-state index contributed by atoms with van der Waals surface area (Å²) >= 11 is 6.89. The molecule has 1 amide bonds. The first-order chi connectivity index (χ1) is 6.49. The molecule has 0 fully saturated rings. The molecule has 0 unspecified atom stereocenters. The van der Waals surface area contributed by atoms with Crippen molar-refractivity contribution in [2.75, 3.05) is 10.7 Å². The van der Waals surface area contributed by atoms with Gasteiger partial charge in [0.25, 0.3) is 0 Å². The van der Waals surface area contributed by atoms with E-state index >= 15 is 0 Å². The van der Waals surface area contributed by atoms with Crippen LogP contribution in [0.15, 0.2) is 0 Å². The highest BCUT2D eigenvalue weighted by atomic mass is 79.9. The van der Waals surface area contributed by atoms with Gasteiger partial charge in [-0.2, -0.15) is 0 Å². The normalized spacial score (nSPS) is 11.9. The molecule has 14 heavy (non-hydrogen) atoms. The highest BCUT2D eigenvalue weighted by Crippen LogP contribution is 2.17. The second-order valence-electron chi connectivity index (χ2n) is 4.05. The third-order valence-corrected chi connectivity index (χ3v) is 4.33. The Morgan fingerprint density at radius 2 is 1.86 bits per heavy atom. The Morgan fingerprint density at radius 3 is 2.14 bits per heavy atom. The van der Waals surface area contributed by atoms with E-state index in [1.54, 1.807) is 0 Å². The van der Waals surface area contributed by atoms with Gasteiger partial charge in [0.05, 0.1) is 5.54 Å². The predicted octanol–water partition coefficient (Wildman–Crippen LogP) is 3.09. The van der Waals surface area contributed by atoms with E-state index in [2.05, 4.69) is 57.9 Å². The fourth-order valence-corrected chi connectivity index (χ4v) is 3.10. The number of halogens is 2. The van der Waals surface area contributed by atoms with Gasteiger partial charge in [-0.05, 0) is 12.3 Å². The molecule has 0 aliphatic rings. The highest BCUT2D eigenvalue weighted by Gasteiger charge is 2.27. The van der Waals surface area contributed by atoms with Crippen LogP contribution in [0.2, 0.25) is 0 Å². The van der Waals surface area contributed by atoms with Crippen LogP contribution in [0.25, 0.3) is 0 Å². The van der Waals surface area contributed by atoms with Crippen molar-refractivity contribution < 1.29 is 4.79 Å². The summed E-state index contributed by atoms with van der Waals surface area (Å²) in [6, 6.07) is 0. The Kier molecular flexibility index (Phi) is 7.04. The van der Waals surface area contributed by atoms with Crippen LogP contribution in [0.4, 0.5) is 0 Å². The third-order valence-electron chi connectivity index (χ3n) is 2.19. The number of hydrogen-bond donors (Lipinski definition) is 1. The van der Waals surface area contributed by atoms with E-state index in [1.807, 2.05) is 0 Å². The summed E-state index contributed by atoms with van der Waals surface area (Å²) in [6.45, 7) is 6.18. The van der Waals surface area contributed by atoms with Gasteiger partial charge < -0.3 is 5.32 Å². The van der Waals surface area contributed by atoms with Crippen LogP contribution in [0.1, 0.15) is 33.6 Å². The van der Waals surface area contributed by atoms with E-state index < -0.39 is 0 Å². The van der Waals surface area contributed by atoms with E-state index in [4.69, 9.17) is 0 Å². The number of amides is 1. The molecule has 0 aliphatic heterocycles. The fourth-order valence-electron chi connectivity index (χ4n) is 1.10. The molecule has 4 heteroatoms. The van der Waals surface area contributed by atoms with Gasteiger partial charge in [0, 0.05) is 17.1 Å². The Hall–Kier alpha value is 0.430. The highest BCUT2D eigenvalue weighted by molar-refractivity contribution is 9.09. The summed E-state index contributed by atoms with van der Waals surface area (Å²) in [5.74, 6) is 0.552. The third kappa shape index (κ3) is 4.78. The lowest BCUT2D eigenvalue weighted by Crippen LogP contribution is -2.51. The second-order valence-corrected chi connectivity index (χ2v) is 5.17. The van der Waals surface area contributed by atoms with Crippen molar-refractivity contribution in [3.8, 4) is 0 Å². The standard InChI is InChI=1S/C10H19Br2NO/c1-4-10(6-11,7-12)13-9(14)5-8(2)3/h8H,4-7H2,1-3H3,(H,13,14). The van der Waals surface area contributed by atoms with Gasteiger partial charge in [-0.25, -0.2) is 0 Å². The van der Waals surface area contributed by atoms with Crippen LogP contribution in [-0.4, -0.2) is 22.1 Å². The molecule has 0 spiro atoms. The van der Waals surface area contributed by atoms with Crippen molar-refractivity contribution in [1.29, 1.82) is 0 Å². The lowest BCUT2D eigenvalue weighted by atomic mass is 10.0. The average Bonchev–Trinajstić information content (AvgIpc) is 2.13. The molecule has 0 bridgehead atoms. The minimum atomic E-state index is -0.133. The number of rotatable bonds is 6. The summed E-state index contributed by atoms with van der Waals surface area (Å²) in [5, 5.41) is 4.64. The fraction of sp³-hybridized carbons (Fsp3) is 0.900. The molecule has 0 heterocycles. The lowest BCUT2D eigenvalue weighted by molar-refractivity contribution is -0.123. The molecular weight excluding hydrogens is 310 g/mol. The molecule has 84 valence electrons. The van der Waals surface area contributed by atoms with E-state index in [0.717, 1.165) is 17.1 Å². The van der Waals surface area contributed by atoms with Crippen molar-refractivity contribution in [1.82, 2.24) is 5.32 Å². The van der Waals surface area contributed by atoms with Gasteiger partial charge in [0.2, 0.25) is 5.91 Å². The van der Waals surface area contributed by atoms with Crippen molar-refractivity contribution in [2.45, 2.75) is 39.2 Å². The van der Waals surface area contributed by atoms with Gasteiger partial charge in [-0.15, -0.1) is 0 Å². The first-order valence-corrected chi connectivity index (χ1v) is 7.17. The number of carbonyl (C=O) groups excluding carboxylic acids is 1. The zero-order valence-corrected chi connectivity index (χ0v) is 12.2. The smallest absolute Gasteiger partial charge is 0.220 e. The van der Waals surface area contributed by atoms with Crippen LogP contribution in [0.3, 0.4) is 0 Å². The number of nitrogens with one attached hydrogen (secondary N) is 1. The van der Waals surface area contributed by atoms with Crippen molar-refractivity contribution >= 4 is 37.8 Å². The average molecular weight is 329 g/mol. The topological polar surface area (TPSA) is 29.1 Å². The minimum Gasteiger partial charge on any atom is -0.349 e. The largest absolute Gasteiger partial charge is 0.349 e. The molecule has 1 N–H and O–H groups in total. The maximum atomic E-state index is 11.6. The molecule has 0 aromatic rings. The molecule has 0 aromatic carbocycles.